The van der Waals surface area contributed by atoms with Crippen LogP contribution >= 0.6 is 23.2 Å². The van der Waals surface area contributed by atoms with Gasteiger partial charge in [0.15, 0.2) is 0 Å². The van der Waals surface area contributed by atoms with E-state index in [9.17, 15) is 9.59 Å². The Morgan fingerprint density at radius 1 is 1.18 bits per heavy atom. The Morgan fingerprint density at radius 2 is 1.87 bits per heavy atom. The fraction of sp³-hybridized carbons (Fsp3) is 0.533. The molecule has 1 amide bonds. The monoisotopic (exact) mass is 576 g/mol. The highest BCUT2D eigenvalue weighted by Gasteiger charge is 2.60. The van der Waals surface area contributed by atoms with Crippen LogP contribution in [-0.4, -0.2) is 43.4 Å². The molecule has 2 fully saturated rings. The molecule has 0 bridgehead atoms. The average molecular weight is 578 g/mol. The summed E-state index contributed by atoms with van der Waals surface area (Å²) in [7, 11) is 1.71. The summed E-state index contributed by atoms with van der Waals surface area (Å²) in [6.07, 6.45) is 4.75. The van der Waals surface area contributed by atoms with Crippen molar-refractivity contribution in [2.75, 3.05) is 12.4 Å². The zero-order valence-corrected chi connectivity index (χ0v) is 24.5. The molecule has 0 spiro atoms. The molecular formula is C30H39Cl2FN4O2. The van der Waals surface area contributed by atoms with Crippen LogP contribution in [0.25, 0.3) is 0 Å². The van der Waals surface area contributed by atoms with Crippen molar-refractivity contribution in [3.63, 3.8) is 0 Å². The van der Waals surface area contributed by atoms with E-state index >= 15 is 4.39 Å². The standard InChI is InChI=1S/C30H39Cl2FN4O2/c1-29(2,3)15-25-30(16-38,21-13-23(33)22(32)14-24(21)35-4)26(17-6-5-7-18(31)12-17)27(37-25)28(39)36-20-10-8-19(34)9-11-20/h5-7,12-14,16,19-20,25-27,35,37H,8-11,15,34H2,1-4H3,(H,36,39). The van der Waals surface area contributed by atoms with Gasteiger partial charge in [0.05, 0.1) is 16.5 Å². The second-order valence-electron chi connectivity index (χ2n) is 12.2. The van der Waals surface area contributed by atoms with Gasteiger partial charge in [-0.15, -0.1) is 0 Å². The number of amides is 1. The molecule has 0 radical (unpaired) electrons. The Labute approximate surface area is 240 Å². The number of nitrogens with one attached hydrogen (secondary N) is 3. The largest absolute Gasteiger partial charge is 0.388 e. The lowest BCUT2D eigenvalue weighted by atomic mass is 9.62. The first kappa shape index (κ1) is 29.8. The molecule has 4 unspecified atom stereocenters. The van der Waals surface area contributed by atoms with Crippen molar-refractivity contribution in [3.05, 3.63) is 63.4 Å². The van der Waals surface area contributed by atoms with Crippen molar-refractivity contribution in [3.8, 4) is 0 Å². The molecule has 1 heterocycles. The summed E-state index contributed by atoms with van der Waals surface area (Å²) in [6.45, 7) is 6.25. The molecule has 1 aliphatic carbocycles. The van der Waals surface area contributed by atoms with Crippen molar-refractivity contribution >= 4 is 41.1 Å². The van der Waals surface area contributed by atoms with Crippen molar-refractivity contribution in [1.82, 2.24) is 10.6 Å². The molecule has 1 saturated carbocycles. The molecule has 0 aromatic heterocycles. The first-order chi connectivity index (χ1) is 18.4. The predicted molar refractivity (Wildman–Crippen MR) is 156 cm³/mol. The third-order valence-electron chi connectivity index (χ3n) is 8.22. The highest BCUT2D eigenvalue weighted by atomic mass is 35.5. The average Bonchev–Trinajstić information content (AvgIpc) is 3.20. The normalized spacial score (nSPS) is 29.2. The van der Waals surface area contributed by atoms with Crippen molar-refractivity contribution in [2.24, 2.45) is 11.1 Å². The van der Waals surface area contributed by atoms with Crippen LogP contribution in [0, 0.1) is 11.2 Å². The molecule has 2 aromatic rings. The van der Waals surface area contributed by atoms with Crippen molar-refractivity contribution < 1.29 is 14.0 Å². The second kappa shape index (κ2) is 11.7. The number of aldehydes is 1. The lowest BCUT2D eigenvalue weighted by Gasteiger charge is -2.39. The van der Waals surface area contributed by atoms with Crippen LogP contribution in [0.4, 0.5) is 10.1 Å². The quantitative estimate of drug-likeness (QED) is 0.324. The molecule has 1 aliphatic heterocycles. The maximum atomic E-state index is 15.1. The van der Waals surface area contributed by atoms with Gasteiger partial charge in [0.1, 0.15) is 12.1 Å². The number of nitrogens with two attached hydrogens (primary N) is 1. The SMILES string of the molecule is CNc1cc(Cl)c(F)cc1C1(C=O)C(CC(C)(C)C)NC(C(=O)NC2CCC(N)CC2)C1c1cccc(Cl)c1. The second-order valence-corrected chi connectivity index (χ2v) is 13.1. The summed E-state index contributed by atoms with van der Waals surface area (Å²) in [4.78, 5) is 27.6. The van der Waals surface area contributed by atoms with E-state index in [0.29, 0.717) is 22.7 Å². The van der Waals surface area contributed by atoms with Gasteiger partial charge in [0, 0.05) is 41.8 Å². The van der Waals surface area contributed by atoms with E-state index in [2.05, 4.69) is 36.7 Å². The summed E-state index contributed by atoms with van der Waals surface area (Å²) in [5.41, 5.74) is 6.28. The zero-order valence-electron chi connectivity index (χ0n) is 23.0. The fourth-order valence-electron chi connectivity index (χ4n) is 6.42. The fourth-order valence-corrected chi connectivity index (χ4v) is 6.78. The van der Waals surface area contributed by atoms with Crippen LogP contribution in [0.2, 0.25) is 10.0 Å². The molecule has 9 heteroatoms. The molecule has 2 aromatic carbocycles. The van der Waals surface area contributed by atoms with Crippen molar-refractivity contribution in [1.29, 1.82) is 0 Å². The van der Waals surface area contributed by atoms with E-state index in [1.807, 2.05) is 12.1 Å². The summed E-state index contributed by atoms with van der Waals surface area (Å²) < 4.78 is 15.1. The van der Waals surface area contributed by atoms with Gasteiger partial charge in [0.25, 0.3) is 0 Å². The van der Waals surface area contributed by atoms with E-state index in [-0.39, 0.29) is 28.4 Å². The molecular weight excluding hydrogens is 538 g/mol. The summed E-state index contributed by atoms with van der Waals surface area (Å²) in [5.74, 6) is -1.49. The topological polar surface area (TPSA) is 96.2 Å². The van der Waals surface area contributed by atoms with Gasteiger partial charge in [-0.1, -0.05) is 56.1 Å². The lowest BCUT2D eigenvalue weighted by Crippen LogP contribution is -2.50. The predicted octanol–water partition coefficient (Wildman–Crippen LogP) is 5.56. The number of halogens is 3. The third kappa shape index (κ3) is 6.12. The van der Waals surface area contributed by atoms with Crippen LogP contribution in [0.1, 0.15) is 69.9 Å². The molecule has 1 saturated heterocycles. The Kier molecular flexibility index (Phi) is 8.96. The van der Waals surface area contributed by atoms with Gasteiger partial charge >= 0.3 is 0 Å². The van der Waals surface area contributed by atoms with Gasteiger partial charge in [-0.2, -0.15) is 0 Å². The molecule has 212 valence electrons. The van der Waals surface area contributed by atoms with E-state index < -0.39 is 29.2 Å². The highest BCUT2D eigenvalue weighted by Crippen LogP contribution is 2.52. The maximum Gasteiger partial charge on any atom is 0.238 e. The number of carbonyl (C=O) groups is 2. The highest BCUT2D eigenvalue weighted by molar-refractivity contribution is 6.31. The van der Waals surface area contributed by atoms with Crippen LogP contribution < -0.4 is 21.7 Å². The minimum absolute atomic E-state index is 0.00672. The van der Waals surface area contributed by atoms with Gasteiger partial charge < -0.3 is 26.5 Å². The summed E-state index contributed by atoms with van der Waals surface area (Å²) in [6, 6.07) is 8.97. The Hall–Kier alpha value is -2.19. The number of hydrogen-bond acceptors (Lipinski definition) is 5. The molecule has 5 N–H and O–H groups in total. The van der Waals surface area contributed by atoms with E-state index in [1.54, 1.807) is 19.2 Å². The minimum Gasteiger partial charge on any atom is -0.388 e. The molecule has 4 atom stereocenters. The molecule has 2 aliphatic rings. The zero-order chi connectivity index (χ0) is 28.5. The van der Waals surface area contributed by atoms with E-state index in [0.717, 1.165) is 37.5 Å². The van der Waals surface area contributed by atoms with E-state index in [1.165, 1.54) is 12.1 Å². The lowest BCUT2D eigenvalue weighted by molar-refractivity contribution is -0.124. The van der Waals surface area contributed by atoms with Gasteiger partial charge in [-0.05, 0) is 72.9 Å². The number of carbonyl (C=O) groups excluding carboxylic acids is 2. The Morgan fingerprint density at radius 3 is 2.46 bits per heavy atom. The number of benzene rings is 2. The number of rotatable bonds is 7. The Balaban J connectivity index is 1.91. The smallest absolute Gasteiger partial charge is 0.238 e. The maximum absolute atomic E-state index is 15.1. The van der Waals surface area contributed by atoms with Crippen LogP contribution in [-0.2, 0) is 15.0 Å². The van der Waals surface area contributed by atoms with Gasteiger partial charge in [-0.25, -0.2) is 4.39 Å². The van der Waals surface area contributed by atoms with Crippen LogP contribution in [0.5, 0.6) is 0 Å². The number of hydrogen-bond donors (Lipinski definition) is 4. The van der Waals surface area contributed by atoms with Crippen molar-refractivity contribution in [2.45, 2.75) is 88.4 Å². The van der Waals surface area contributed by atoms with E-state index in [4.69, 9.17) is 28.9 Å². The number of anilines is 1. The third-order valence-corrected chi connectivity index (χ3v) is 8.75. The molecule has 39 heavy (non-hydrogen) atoms. The first-order valence-corrected chi connectivity index (χ1v) is 14.4. The van der Waals surface area contributed by atoms with Crippen LogP contribution in [0.15, 0.2) is 36.4 Å². The van der Waals surface area contributed by atoms with Crippen LogP contribution in [0.3, 0.4) is 0 Å². The summed E-state index contributed by atoms with van der Waals surface area (Å²) in [5, 5.41) is 10.3. The van der Waals surface area contributed by atoms with Gasteiger partial charge in [0.2, 0.25) is 5.91 Å². The molecule has 6 nitrogen and oxygen atoms in total. The Bertz CT molecular complexity index is 1210. The summed E-state index contributed by atoms with van der Waals surface area (Å²) >= 11 is 12.6. The minimum atomic E-state index is -1.31. The molecule has 4 rings (SSSR count). The first-order valence-electron chi connectivity index (χ1n) is 13.6. The van der Waals surface area contributed by atoms with Gasteiger partial charge in [-0.3, -0.25) is 4.79 Å².